The second-order valence-corrected chi connectivity index (χ2v) is 6.33. The molecular formula is C20H24FN3O2. The number of carbonyl (C=O) groups is 1. The van der Waals surface area contributed by atoms with Gasteiger partial charge in [0, 0.05) is 25.8 Å². The lowest BCUT2D eigenvalue weighted by Gasteiger charge is -2.19. The Bertz CT molecular complexity index is 715. The summed E-state index contributed by atoms with van der Waals surface area (Å²) in [7, 11) is 0. The Labute approximate surface area is 153 Å². The highest BCUT2D eigenvalue weighted by molar-refractivity contribution is 5.98. The van der Waals surface area contributed by atoms with Crippen LogP contribution < -0.4 is 15.0 Å². The van der Waals surface area contributed by atoms with Crippen molar-refractivity contribution in [3.63, 3.8) is 0 Å². The quantitative estimate of drug-likeness (QED) is 0.736. The molecule has 1 aliphatic heterocycles. The van der Waals surface area contributed by atoms with Crippen LogP contribution in [0.3, 0.4) is 0 Å². The van der Waals surface area contributed by atoms with Crippen molar-refractivity contribution in [2.45, 2.75) is 25.7 Å². The summed E-state index contributed by atoms with van der Waals surface area (Å²) < 4.78 is 18.4. The average Bonchev–Trinajstić information content (AvgIpc) is 3.20. The first-order valence-corrected chi connectivity index (χ1v) is 9.10. The van der Waals surface area contributed by atoms with E-state index in [9.17, 15) is 9.18 Å². The molecule has 6 heteroatoms. The Kier molecular flexibility index (Phi) is 6.41. The molecule has 1 aromatic heterocycles. The van der Waals surface area contributed by atoms with Crippen LogP contribution in [0.4, 0.5) is 10.2 Å². The summed E-state index contributed by atoms with van der Waals surface area (Å²) in [5.74, 6) is 1.08. The zero-order chi connectivity index (χ0) is 18.2. The number of amides is 1. The third-order valence-corrected chi connectivity index (χ3v) is 4.38. The van der Waals surface area contributed by atoms with Gasteiger partial charge in [0.2, 0.25) is 0 Å². The number of nitrogens with zero attached hydrogens (tertiary/aromatic N) is 2. The molecule has 0 aliphatic carbocycles. The van der Waals surface area contributed by atoms with Gasteiger partial charge >= 0.3 is 0 Å². The highest BCUT2D eigenvalue weighted by Crippen LogP contribution is 2.21. The minimum atomic E-state index is -0.274. The lowest BCUT2D eigenvalue weighted by atomic mass is 10.2. The molecule has 1 N–H and O–H groups in total. The van der Waals surface area contributed by atoms with Crippen LogP contribution >= 0.6 is 0 Å². The minimum absolute atomic E-state index is 0.0838. The summed E-state index contributed by atoms with van der Waals surface area (Å²) >= 11 is 0. The number of nitrogens with one attached hydrogen (secondary N) is 1. The third-order valence-electron chi connectivity index (χ3n) is 4.38. The first kappa shape index (κ1) is 18.2. The van der Waals surface area contributed by atoms with Crippen LogP contribution in [0.15, 0.2) is 42.6 Å². The zero-order valence-corrected chi connectivity index (χ0v) is 14.8. The van der Waals surface area contributed by atoms with Gasteiger partial charge in [0.25, 0.3) is 5.91 Å². The molecule has 1 aromatic carbocycles. The molecule has 26 heavy (non-hydrogen) atoms. The van der Waals surface area contributed by atoms with E-state index in [1.807, 2.05) is 6.07 Å². The standard InChI is InChI=1S/C20H24FN3O2/c21-16-7-9-17(10-8-16)26-15-4-1-11-23-20(25)18-6-5-12-22-19(18)24-13-2-3-14-24/h5-10,12H,1-4,11,13-15H2,(H,23,25). The number of anilines is 1. The van der Waals surface area contributed by atoms with E-state index >= 15 is 0 Å². The van der Waals surface area contributed by atoms with Crippen LogP contribution in [-0.2, 0) is 0 Å². The molecule has 138 valence electrons. The second-order valence-electron chi connectivity index (χ2n) is 6.33. The van der Waals surface area contributed by atoms with E-state index in [0.29, 0.717) is 24.5 Å². The number of unbranched alkanes of at least 4 members (excludes halogenated alkanes) is 1. The molecule has 1 amide bonds. The Morgan fingerprint density at radius 1 is 1.15 bits per heavy atom. The minimum Gasteiger partial charge on any atom is -0.494 e. The third kappa shape index (κ3) is 4.94. The molecule has 0 bridgehead atoms. The number of hydrogen-bond donors (Lipinski definition) is 1. The fourth-order valence-electron chi connectivity index (χ4n) is 3.00. The number of carbonyl (C=O) groups excluding carboxylic acids is 1. The van der Waals surface area contributed by atoms with Gasteiger partial charge in [-0.05, 0) is 62.1 Å². The average molecular weight is 357 g/mol. The maximum Gasteiger partial charge on any atom is 0.255 e. The van der Waals surface area contributed by atoms with Crippen LogP contribution in [-0.4, -0.2) is 37.1 Å². The largest absolute Gasteiger partial charge is 0.494 e. The number of halogens is 1. The molecule has 5 nitrogen and oxygen atoms in total. The number of ether oxygens (including phenoxy) is 1. The highest BCUT2D eigenvalue weighted by Gasteiger charge is 2.20. The van der Waals surface area contributed by atoms with Crippen LogP contribution in [0.1, 0.15) is 36.0 Å². The van der Waals surface area contributed by atoms with Crippen molar-refractivity contribution in [3.8, 4) is 5.75 Å². The Balaban J connectivity index is 1.40. The molecular weight excluding hydrogens is 333 g/mol. The van der Waals surface area contributed by atoms with E-state index in [2.05, 4.69) is 15.2 Å². The lowest BCUT2D eigenvalue weighted by Crippen LogP contribution is -2.29. The summed E-state index contributed by atoms with van der Waals surface area (Å²) in [6, 6.07) is 9.60. The van der Waals surface area contributed by atoms with Crippen molar-refractivity contribution in [1.29, 1.82) is 0 Å². The molecule has 0 radical (unpaired) electrons. The first-order valence-electron chi connectivity index (χ1n) is 9.10. The van der Waals surface area contributed by atoms with Crippen LogP contribution in [0.2, 0.25) is 0 Å². The molecule has 2 heterocycles. The van der Waals surface area contributed by atoms with Crippen molar-refractivity contribution in [2.75, 3.05) is 31.1 Å². The predicted molar refractivity (Wildman–Crippen MR) is 99.1 cm³/mol. The number of hydrogen-bond acceptors (Lipinski definition) is 4. The van der Waals surface area contributed by atoms with Gasteiger partial charge < -0.3 is 15.0 Å². The van der Waals surface area contributed by atoms with Crippen molar-refractivity contribution in [3.05, 3.63) is 54.0 Å². The monoisotopic (exact) mass is 357 g/mol. The molecule has 0 unspecified atom stereocenters. The van der Waals surface area contributed by atoms with E-state index in [-0.39, 0.29) is 11.7 Å². The van der Waals surface area contributed by atoms with Crippen molar-refractivity contribution in [2.24, 2.45) is 0 Å². The SMILES string of the molecule is O=C(NCCCCOc1ccc(F)cc1)c1cccnc1N1CCCC1. The van der Waals surface area contributed by atoms with Gasteiger partial charge in [-0.25, -0.2) is 9.37 Å². The van der Waals surface area contributed by atoms with Crippen molar-refractivity contribution in [1.82, 2.24) is 10.3 Å². The summed E-state index contributed by atoms with van der Waals surface area (Å²) in [4.78, 5) is 19.0. The van der Waals surface area contributed by atoms with Gasteiger partial charge in [0.1, 0.15) is 17.4 Å². The predicted octanol–water partition coefficient (Wildman–Crippen LogP) is 3.41. The maximum absolute atomic E-state index is 12.8. The molecule has 1 saturated heterocycles. The Hall–Kier alpha value is -2.63. The highest BCUT2D eigenvalue weighted by atomic mass is 19.1. The molecule has 3 rings (SSSR count). The smallest absolute Gasteiger partial charge is 0.255 e. The van der Waals surface area contributed by atoms with Gasteiger partial charge in [0.05, 0.1) is 12.2 Å². The number of pyridine rings is 1. The summed E-state index contributed by atoms with van der Waals surface area (Å²) in [6.45, 7) is 3.03. The lowest BCUT2D eigenvalue weighted by molar-refractivity contribution is 0.0952. The van der Waals surface area contributed by atoms with E-state index in [0.717, 1.165) is 44.6 Å². The summed E-state index contributed by atoms with van der Waals surface area (Å²) in [5, 5.41) is 2.96. The van der Waals surface area contributed by atoms with E-state index in [1.165, 1.54) is 12.1 Å². The van der Waals surface area contributed by atoms with Gasteiger partial charge in [-0.3, -0.25) is 4.79 Å². The van der Waals surface area contributed by atoms with Gasteiger partial charge in [0.15, 0.2) is 0 Å². The first-order chi connectivity index (χ1) is 12.7. The number of aromatic nitrogens is 1. The van der Waals surface area contributed by atoms with Gasteiger partial charge in [-0.1, -0.05) is 0 Å². The van der Waals surface area contributed by atoms with Crippen molar-refractivity contribution >= 4 is 11.7 Å². The topological polar surface area (TPSA) is 54.5 Å². The van der Waals surface area contributed by atoms with Gasteiger partial charge in [-0.15, -0.1) is 0 Å². The maximum atomic E-state index is 12.8. The Morgan fingerprint density at radius 3 is 2.69 bits per heavy atom. The van der Waals surface area contributed by atoms with E-state index < -0.39 is 0 Å². The van der Waals surface area contributed by atoms with Crippen LogP contribution in [0.25, 0.3) is 0 Å². The second kappa shape index (κ2) is 9.17. The number of benzene rings is 1. The van der Waals surface area contributed by atoms with Crippen LogP contribution in [0.5, 0.6) is 5.75 Å². The summed E-state index contributed by atoms with van der Waals surface area (Å²) in [5.41, 5.74) is 0.636. The molecule has 0 saturated carbocycles. The fraction of sp³-hybridized carbons (Fsp3) is 0.400. The van der Waals surface area contributed by atoms with E-state index in [1.54, 1.807) is 24.4 Å². The molecule has 1 aliphatic rings. The normalized spacial score (nSPS) is 13.7. The number of rotatable bonds is 8. The van der Waals surface area contributed by atoms with Crippen molar-refractivity contribution < 1.29 is 13.9 Å². The zero-order valence-electron chi connectivity index (χ0n) is 14.8. The molecule has 0 spiro atoms. The molecule has 2 aromatic rings. The molecule has 0 atom stereocenters. The Morgan fingerprint density at radius 2 is 1.92 bits per heavy atom. The summed E-state index contributed by atoms with van der Waals surface area (Å²) in [6.07, 6.45) is 5.64. The van der Waals surface area contributed by atoms with E-state index in [4.69, 9.17) is 4.74 Å². The van der Waals surface area contributed by atoms with Gasteiger partial charge in [-0.2, -0.15) is 0 Å². The fourth-order valence-corrected chi connectivity index (χ4v) is 3.00. The van der Waals surface area contributed by atoms with Crippen LogP contribution in [0, 0.1) is 5.82 Å². The molecule has 1 fully saturated rings.